The van der Waals surface area contributed by atoms with E-state index in [1.807, 2.05) is 30.3 Å². The number of rotatable bonds is 7. The van der Waals surface area contributed by atoms with Crippen LogP contribution in [0.1, 0.15) is 11.3 Å². The van der Waals surface area contributed by atoms with Crippen LogP contribution in [-0.2, 0) is 12.3 Å². The Labute approximate surface area is 186 Å². The molecular weight excluding hydrogens is 464 g/mol. The van der Waals surface area contributed by atoms with Gasteiger partial charge in [-0.2, -0.15) is 0 Å². The molecule has 29 heavy (non-hydrogen) atoms. The van der Waals surface area contributed by atoms with Gasteiger partial charge in [-0.25, -0.2) is 4.98 Å². The number of halogens is 1. The summed E-state index contributed by atoms with van der Waals surface area (Å²) in [7, 11) is 0. The first kappa shape index (κ1) is 20.1. The third kappa shape index (κ3) is 4.69. The molecule has 4 nitrogen and oxygen atoms in total. The maximum Gasteiger partial charge on any atom is 0.192 e. The molecule has 7 heteroatoms. The number of hydrogen-bond acceptors (Lipinski definition) is 5. The van der Waals surface area contributed by atoms with Crippen molar-refractivity contribution in [3.05, 3.63) is 82.3 Å². The van der Waals surface area contributed by atoms with Crippen LogP contribution in [-0.4, -0.2) is 19.7 Å². The van der Waals surface area contributed by atoms with Crippen LogP contribution < -0.4 is 0 Å². The Morgan fingerprint density at radius 3 is 2.52 bits per heavy atom. The van der Waals surface area contributed by atoms with Crippen molar-refractivity contribution >= 4 is 39.0 Å². The third-order valence-electron chi connectivity index (χ3n) is 4.33. The third-order valence-corrected chi connectivity index (χ3v) is 6.80. The van der Waals surface area contributed by atoms with Crippen LogP contribution in [0.25, 0.3) is 22.0 Å². The minimum absolute atomic E-state index is 0.659. The second-order valence-corrected chi connectivity index (χ2v) is 9.23. The average molecular weight is 483 g/mol. The Morgan fingerprint density at radius 2 is 1.79 bits per heavy atom. The summed E-state index contributed by atoms with van der Waals surface area (Å²) in [4.78, 5) is 4.79. The molecule has 4 rings (SSSR count). The summed E-state index contributed by atoms with van der Waals surface area (Å²) in [5.41, 5.74) is 4.49. The lowest BCUT2D eigenvalue weighted by Gasteiger charge is -2.07. The van der Waals surface area contributed by atoms with Gasteiger partial charge in [0.2, 0.25) is 0 Å². The van der Waals surface area contributed by atoms with E-state index in [2.05, 4.69) is 73.8 Å². The molecule has 0 spiro atoms. The van der Waals surface area contributed by atoms with Crippen molar-refractivity contribution in [2.75, 3.05) is 0 Å². The molecule has 4 aromatic rings. The lowest BCUT2D eigenvalue weighted by molar-refractivity contribution is 0.731. The van der Waals surface area contributed by atoms with Crippen LogP contribution >= 0.6 is 39.0 Å². The van der Waals surface area contributed by atoms with Gasteiger partial charge in [0.05, 0.1) is 5.69 Å². The highest BCUT2D eigenvalue weighted by atomic mass is 79.9. The van der Waals surface area contributed by atoms with E-state index in [9.17, 15) is 0 Å². The Morgan fingerprint density at radius 1 is 1.07 bits per heavy atom. The molecule has 2 heterocycles. The van der Waals surface area contributed by atoms with Gasteiger partial charge >= 0.3 is 0 Å². The van der Waals surface area contributed by atoms with Crippen LogP contribution in [0.15, 0.2) is 76.2 Å². The van der Waals surface area contributed by atoms with Gasteiger partial charge in [0.15, 0.2) is 11.0 Å². The molecule has 0 radical (unpaired) electrons. The maximum absolute atomic E-state index is 4.79. The minimum Gasteiger partial charge on any atom is -0.298 e. The second-order valence-electron chi connectivity index (χ2n) is 6.51. The number of aromatic nitrogens is 4. The lowest BCUT2D eigenvalue weighted by Crippen LogP contribution is -2.00. The van der Waals surface area contributed by atoms with E-state index in [4.69, 9.17) is 4.98 Å². The van der Waals surface area contributed by atoms with Gasteiger partial charge in [-0.1, -0.05) is 75.7 Å². The molecule has 2 aromatic carbocycles. The molecule has 0 bridgehead atoms. The highest BCUT2D eigenvalue weighted by molar-refractivity contribution is 9.10. The normalized spacial score (nSPS) is 11.0. The van der Waals surface area contributed by atoms with Crippen molar-refractivity contribution in [2.45, 2.75) is 24.4 Å². The van der Waals surface area contributed by atoms with E-state index in [0.29, 0.717) is 6.54 Å². The first-order valence-corrected chi connectivity index (χ1v) is 11.7. The number of nitrogens with zero attached hydrogens (tertiary/aromatic N) is 4. The number of aryl methyl sites for hydroxylation is 1. The zero-order valence-corrected chi connectivity index (χ0v) is 19.1. The fourth-order valence-electron chi connectivity index (χ4n) is 2.84. The molecule has 0 aliphatic carbocycles. The van der Waals surface area contributed by atoms with E-state index in [-0.39, 0.29) is 0 Å². The van der Waals surface area contributed by atoms with Gasteiger partial charge in [-0.05, 0) is 19.1 Å². The van der Waals surface area contributed by atoms with Gasteiger partial charge in [0.25, 0.3) is 0 Å². The van der Waals surface area contributed by atoms with E-state index in [1.165, 1.54) is 5.56 Å². The predicted molar refractivity (Wildman–Crippen MR) is 125 cm³/mol. The van der Waals surface area contributed by atoms with E-state index in [0.717, 1.165) is 43.0 Å². The quantitative estimate of drug-likeness (QED) is 0.219. The van der Waals surface area contributed by atoms with Gasteiger partial charge in [0.1, 0.15) is 5.01 Å². The molecule has 0 saturated carbocycles. The Kier molecular flexibility index (Phi) is 6.28. The monoisotopic (exact) mass is 482 g/mol. The highest BCUT2D eigenvalue weighted by Gasteiger charge is 2.14. The summed E-state index contributed by atoms with van der Waals surface area (Å²) in [6, 6.07) is 16.6. The number of thioether (sulfide) groups is 1. The fraction of sp³-hybridized carbons (Fsp3) is 0.136. The van der Waals surface area contributed by atoms with Gasteiger partial charge in [0, 0.05) is 33.3 Å². The number of hydrogen-bond donors (Lipinski definition) is 0. The molecule has 2 aromatic heterocycles. The zero-order valence-electron chi connectivity index (χ0n) is 15.9. The molecule has 0 aliphatic heterocycles. The van der Waals surface area contributed by atoms with Gasteiger partial charge < -0.3 is 0 Å². The summed E-state index contributed by atoms with van der Waals surface area (Å²) >= 11 is 6.80. The van der Waals surface area contributed by atoms with Gasteiger partial charge in [-0.15, -0.1) is 28.1 Å². The van der Waals surface area contributed by atoms with Crippen molar-refractivity contribution in [3.63, 3.8) is 0 Å². The molecule has 0 unspecified atom stereocenters. The molecule has 146 valence electrons. The largest absolute Gasteiger partial charge is 0.298 e. The summed E-state index contributed by atoms with van der Waals surface area (Å²) in [6.45, 7) is 6.64. The van der Waals surface area contributed by atoms with Crippen molar-refractivity contribution in [1.82, 2.24) is 19.7 Å². The number of benzene rings is 2. The summed E-state index contributed by atoms with van der Waals surface area (Å²) in [5, 5.41) is 12.9. The van der Waals surface area contributed by atoms with Crippen molar-refractivity contribution in [3.8, 4) is 22.0 Å². The van der Waals surface area contributed by atoms with E-state index in [1.54, 1.807) is 23.1 Å². The van der Waals surface area contributed by atoms with Crippen molar-refractivity contribution in [1.29, 1.82) is 0 Å². The van der Waals surface area contributed by atoms with Gasteiger partial charge in [-0.3, -0.25) is 4.57 Å². The molecule has 0 aliphatic rings. The van der Waals surface area contributed by atoms with Crippen LogP contribution in [0.3, 0.4) is 0 Å². The van der Waals surface area contributed by atoms with Crippen LogP contribution in [0.4, 0.5) is 0 Å². The molecule has 0 saturated heterocycles. The zero-order chi connectivity index (χ0) is 20.2. The molecule has 0 fully saturated rings. The molecular formula is C22H19BrN4S2. The molecule has 0 amide bonds. The van der Waals surface area contributed by atoms with Crippen molar-refractivity contribution in [2.24, 2.45) is 0 Å². The predicted octanol–water partition coefficient (Wildman–Crippen LogP) is 6.62. The topological polar surface area (TPSA) is 43.6 Å². The molecule has 0 atom stereocenters. The number of allylic oxidation sites excluding steroid dienone is 1. The van der Waals surface area contributed by atoms with Crippen LogP contribution in [0.2, 0.25) is 0 Å². The lowest BCUT2D eigenvalue weighted by atomic mass is 10.2. The van der Waals surface area contributed by atoms with Crippen LogP contribution in [0, 0.1) is 6.92 Å². The van der Waals surface area contributed by atoms with Crippen LogP contribution in [0.5, 0.6) is 0 Å². The average Bonchev–Trinajstić information content (AvgIpc) is 3.35. The SMILES string of the molecule is C=CCn1c(SCc2csc(-c3ccc(C)cc3)n2)nnc1-c1ccc(Br)cc1. The smallest absolute Gasteiger partial charge is 0.192 e. The minimum atomic E-state index is 0.659. The maximum atomic E-state index is 4.79. The standard InChI is InChI=1S/C22H19BrN4S2/c1-3-12-27-20(16-8-10-18(23)11-9-16)25-26-22(27)29-14-19-13-28-21(24-19)17-6-4-15(2)5-7-17/h3-11,13H,1,12,14H2,2H3. The Balaban J connectivity index is 1.52. The first-order valence-electron chi connectivity index (χ1n) is 9.08. The number of thiazole rings is 1. The molecule has 0 N–H and O–H groups in total. The fourth-order valence-corrected chi connectivity index (χ4v) is 4.88. The summed E-state index contributed by atoms with van der Waals surface area (Å²) in [6.07, 6.45) is 1.87. The summed E-state index contributed by atoms with van der Waals surface area (Å²) < 4.78 is 3.13. The van der Waals surface area contributed by atoms with E-state index >= 15 is 0 Å². The Bertz CT molecular complexity index is 1110. The highest BCUT2D eigenvalue weighted by Crippen LogP contribution is 2.30. The van der Waals surface area contributed by atoms with E-state index < -0.39 is 0 Å². The summed E-state index contributed by atoms with van der Waals surface area (Å²) in [5.74, 6) is 1.59. The second kappa shape index (κ2) is 9.07. The Hall–Kier alpha value is -2.22. The van der Waals surface area contributed by atoms with Crippen molar-refractivity contribution < 1.29 is 0 Å². The first-order chi connectivity index (χ1) is 14.1.